The Labute approximate surface area is 172 Å². The normalized spacial score (nSPS) is 14.4. The number of thiophene rings is 1. The number of carbonyl (C=O) groups excluding carboxylic acids is 1. The number of ether oxygens (including phenoxy) is 2. The molecule has 0 atom stereocenters. The molecular formula is C22H21NO5S. The molecule has 0 unspecified atom stereocenters. The van der Waals surface area contributed by atoms with Gasteiger partial charge in [-0.25, -0.2) is 4.79 Å². The van der Waals surface area contributed by atoms with Crippen molar-refractivity contribution >= 4 is 34.0 Å². The van der Waals surface area contributed by atoms with Crippen molar-refractivity contribution in [2.24, 2.45) is 0 Å². The lowest BCUT2D eigenvalue weighted by atomic mass is 10.0. The summed E-state index contributed by atoms with van der Waals surface area (Å²) >= 11 is 1.24. The van der Waals surface area contributed by atoms with Crippen LogP contribution in [0.1, 0.15) is 26.5 Å². The molecule has 7 heteroatoms. The van der Waals surface area contributed by atoms with Crippen molar-refractivity contribution in [1.82, 2.24) is 4.90 Å². The minimum absolute atomic E-state index is 0.0559. The minimum atomic E-state index is -0.925. The SMILES string of the molecule is CN(CCC1OCCO1)C(=O)c1ccc2c(-c3ccc(C(=O)O)s3)cccc2c1. The molecule has 3 aromatic rings. The van der Waals surface area contributed by atoms with Gasteiger partial charge in [0.1, 0.15) is 4.88 Å². The van der Waals surface area contributed by atoms with E-state index in [4.69, 9.17) is 9.47 Å². The van der Waals surface area contributed by atoms with Crippen LogP contribution < -0.4 is 0 Å². The third-order valence-corrected chi connectivity index (χ3v) is 6.05. The van der Waals surface area contributed by atoms with Crippen LogP contribution in [-0.4, -0.2) is 55.0 Å². The van der Waals surface area contributed by atoms with E-state index in [0.29, 0.717) is 36.6 Å². The van der Waals surface area contributed by atoms with E-state index in [1.54, 1.807) is 18.0 Å². The molecule has 0 aliphatic carbocycles. The quantitative estimate of drug-likeness (QED) is 0.661. The lowest BCUT2D eigenvalue weighted by Gasteiger charge is -2.19. The number of hydrogen-bond donors (Lipinski definition) is 1. The maximum absolute atomic E-state index is 12.8. The zero-order valence-electron chi connectivity index (χ0n) is 16.0. The van der Waals surface area contributed by atoms with E-state index in [-0.39, 0.29) is 12.2 Å². The average molecular weight is 411 g/mol. The van der Waals surface area contributed by atoms with Gasteiger partial charge in [0.2, 0.25) is 0 Å². The van der Waals surface area contributed by atoms with Crippen LogP contribution in [0.25, 0.3) is 21.2 Å². The van der Waals surface area contributed by atoms with Crippen molar-refractivity contribution in [3.63, 3.8) is 0 Å². The van der Waals surface area contributed by atoms with Crippen LogP contribution in [0.4, 0.5) is 0 Å². The van der Waals surface area contributed by atoms with Gasteiger partial charge in [-0.1, -0.05) is 24.3 Å². The lowest BCUT2D eigenvalue weighted by molar-refractivity contribution is -0.0494. The number of amides is 1. The summed E-state index contributed by atoms with van der Waals surface area (Å²) in [6, 6.07) is 14.9. The molecule has 4 rings (SSSR count). The molecule has 1 fully saturated rings. The largest absolute Gasteiger partial charge is 0.477 e. The van der Waals surface area contributed by atoms with Crippen LogP contribution >= 0.6 is 11.3 Å². The van der Waals surface area contributed by atoms with E-state index >= 15 is 0 Å². The fourth-order valence-electron chi connectivity index (χ4n) is 3.42. The number of aromatic carboxylic acids is 1. The molecule has 1 N–H and O–H groups in total. The number of hydrogen-bond acceptors (Lipinski definition) is 5. The molecule has 0 spiro atoms. The van der Waals surface area contributed by atoms with Crippen LogP contribution in [-0.2, 0) is 9.47 Å². The Balaban J connectivity index is 1.56. The van der Waals surface area contributed by atoms with E-state index in [0.717, 1.165) is 21.2 Å². The molecule has 6 nitrogen and oxygen atoms in total. The molecule has 0 bridgehead atoms. The van der Waals surface area contributed by atoms with Crippen molar-refractivity contribution in [3.8, 4) is 10.4 Å². The Morgan fingerprint density at radius 3 is 2.66 bits per heavy atom. The topological polar surface area (TPSA) is 76.1 Å². The van der Waals surface area contributed by atoms with Crippen LogP contribution in [0.2, 0.25) is 0 Å². The molecule has 150 valence electrons. The zero-order chi connectivity index (χ0) is 20.4. The van der Waals surface area contributed by atoms with Gasteiger partial charge in [-0.2, -0.15) is 0 Å². The van der Waals surface area contributed by atoms with Crippen molar-refractivity contribution in [2.45, 2.75) is 12.7 Å². The highest BCUT2D eigenvalue weighted by Crippen LogP contribution is 2.34. The van der Waals surface area contributed by atoms with Gasteiger partial charge in [0, 0.05) is 30.5 Å². The molecular weight excluding hydrogens is 390 g/mol. The van der Waals surface area contributed by atoms with Crippen LogP contribution in [0.15, 0.2) is 48.5 Å². The van der Waals surface area contributed by atoms with Gasteiger partial charge in [0.05, 0.1) is 13.2 Å². The van der Waals surface area contributed by atoms with Crippen molar-refractivity contribution < 1.29 is 24.2 Å². The summed E-state index contributed by atoms with van der Waals surface area (Å²) in [5, 5.41) is 11.1. The van der Waals surface area contributed by atoms with Gasteiger partial charge in [-0.15, -0.1) is 11.3 Å². The van der Waals surface area contributed by atoms with Gasteiger partial charge in [-0.3, -0.25) is 4.79 Å². The minimum Gasteiger partial charge on any atom is -0.477 e. The predicted molar refractivity (Wildman–Crippen MR) is 111 cm³/mol. The van der Waals surface area contributed by atoms with Gasteiger partial charge in [0.15, 0.2) is 6.29 Å². The maximum Gasteiger partial charge on any atom is 0.345 e. The third-order valence-electron chi connectivity index (χ3n) is 4.95. The summed E-state index contributed by atoms with van der Waals surface area (Å²) in [6.07, 6.45) is 0.412. The molecule has 0 radical (unpaired) electrons. The zero-order valence-corrected chi connectivity index (χ0v) is 16.8. The van der Waals surface area contributed by atoms with Crippen molar-refractivity contribution in [1.29, 1.82) is 0 Å². The first-order chi connectivity index (χ1) is 14.0. The second kappa shape index (κ2) is 8.32. The van der Waals surface area contributed by atoms with Gasteiger partial charge in [0.25, 0.3) is 5.91 Å². The first kappa shape index (κ1) is 19.6. The molecule has 1 aliphatic heterocycles. The summed E-state index contributed by atoms with van der Waals surface area (Å²) in [5.41, 5.74) is 1.57. The fourth-order valence-corrected chi connectivity index (χ4v) is 4.31. The Morgan fingerprint density at radius 2 is 1.93 bits per heavy atom. The molecule has 1 aliphatic rings. The number of carboxylic acid groups (broad SMARTS) is 1. The van der Waals surface area contributed by atoms with Crippen LogP contribution in [0, 0.1) is 0 Å². The number of benzene rings is 2. The molecule has 2 heterocycles. The molecule has 2 aromatic carbocycles. The Hall–Kier alpha value is -2.74. The smallest absolute Gasteiger partial charge is 0.345 e. The second-order valence-electron chi connectivity index (χ2n) is 6.90. The summed E-state index contributed by atoms with van der Waals surface area (Å²) < 4.78 is 10.8. The highest BCUT2D eigenvalue weighted by atomic mass is 32.1. The molecule has 1 amide bonds. The van der Waals surface area contributed by atoms with E-state index in [1.807, 2.05) is 42.5 Å². The van der Waals surface area contributed by atoms with E-state index in [9.17, 15) is 14.7 Å². The monoisotopic (exact) mass is 411 g/mol. The summed E-state index contributed by atoms with van der Waals surface area (Å²) in [7, 11) is 1.77. The first-order valence-corrected chi connectivity index (χ1v) is 10.2. The van der Waals surface area contributed by atoms with Crippen molar-refractivity contribution in [2.75, 3.05) is 26.8 Å². The van der Waals surface area contributed by atoms with E-state index in [2.05, 4.69) is 0 Å². The third kappa shape index (κ3) is 4.17. The Kier molecular flexibility index (Phi) is 5.62. The number of carboxylic acids is 1. The number of carbonyl (C=O) groups is 2. The standard InChI is InChI=1S/C22H21NO5S/c1-23(10-9-20-27-11-12-28-20)21(24)15-5-6-16-14(13-15)3-2-4-17(16)18-7-8-19(29-18)22(25)26/h2-8,13,20H,9-12H2,1H3,(H,25,26). The van der Waals surface area contributed by atoms with Crippen LogP contribution in [0.3, 0.4) is 0 Å². The highest BCUT2D eigenvalue weighted by molar-refractivity contribution is 7.17. The number of fused-ring (bicyclic) bond motifs is 1. The molecule has 0 saturated carbocycles. The van der Waals surface area contributed by atoms with Crippen molar-refractivity contribution in [3.05, 3.63) is 59.0 Å². The molecule has 29 heavy (non-hydrogen) atoms. The fraction of sp³-hybridized carbons (Fsp3) is 0.273. The predicted octanol–water partition coefficient (Wildman–Crippen LogP) is 4.10. The van der Waals surface area contributed by atoms with Gasteiger partial charge in [-0.05, 0) is 40.6 Å². The highest BCUT2D eigenvalue weighted by Gasteiger charge is 2.19. The average Bonchev–Trinajstić information content (AvgIpc) is 3.42. The lowest BCUT2D eigenvalue weighted by Crippen LogP contribution is -2.30. The Bertz CT molecular complexity index is 1050. The summed E-state index contributed by atoms with van der Waals surface area (Å²) in [6.45, 7) is 1.76. The molecule has 1 aromatic heterocycles. The molecule has 1 saturated heterocycles. The number of rotatable bonds is 6. The number of nitrogens with zero attached hydrogens (tertiary/aromatic N) is 1. The first-order valence-electron chi connectivity index (χ1n) is 9.38. The summed E-state index contributed by atoms with van der Waals surface area (Å²) in [5.74, 6) is -0.981. The second-order valence-corrected chi connectivity index (χ2v) is 7.98. The van der Waals surface area contributed by atoms with Gasteiger partial charge < -0.3 is 19.5 Å². The van der Waals surface area contributed by atoms with Gasteiger partial charge >= 0.3 is 5.97 Å². The van der Waals surface area contributed by atoms with E-state index < -0.39 is 5.97 Å². The maximum atomic E-state index is 12.8. The Morgan fingerprint density at radius 1 is 1.14 bits per heavy atom. The summed E-state index contributed by atoms with van der Waals surface area (Å²) in [4.78, 5) is 26.9. The van der Waals surface area contributed by atoms with Crippen LogP contribution in [0.5, 0.6) is 0 Å². The van der Waals surface area contributed by atoms with E-state index in [1.165, 1.54) is 11.3 Å².